The van der Waals surface area contributed by atoms with Crippen LogP contribution in [0, 0.1) is 5.92 Å². The second-order valence-electron chi connectivity index (χ2n) is 9.49. The van der Waals surface area contributed by atoms with Crippen LogP contribution in [-0.2, 0) is 10.0 Å². The van der Waals surface area contributed by atoms with Crippen molar-refractivity contribution >= 4 is 33.1 Å². The lowest BCUT2D eigenvalue weighted by molar-refractivity contribution is 0.130. The topological polar surface area (TPSA) is 131 Å². The van der Waals surface area contributed by atoms with Crippen LogP contribution in [0.15, 0.2) is 53.4 Å². The van der Waals surface area contributed by atoms with Crippen molar-refractivity contribution in [2.45, 2.75) is 61.8 Å². The molecule has 1 heterocycles. The quantitative estimate of drug-likeness (QED) is 0.373. The van der Waals surface area contributed by atoms with E-state index in [1.807, 2.05) is 12.1 Å². The lowest BCUT2D eigenvalue weighted by Crippen LogP contribution is -2.57. The van der Waals surface area contributed by atoms with E-state index in [-0.39, 0.29) is 28.1 Å². The average molecular weight is 486 g/mol. The maximum atomic E-state index is 13.2. The van der Waals surface area contributed by atoms with Crippen molar-refractivity contribution < 1.29 is 13.2 Å². The third kappa shape index (κ3) is 5.31. The zero-order chi connectivity index (χ0) is 24.2. The number of nitrogens with two attached hydrogens (primary N) is 2. The summed E-state index contributed by atoms with van der Waals surface area (Å²) in [6, 6.07) is 13.5. The predicted octanol–water partition coefficient (Wildman–Crippen LogP) is 4.17. The molecule has 0 aromatic heterocycles. The van der Waals surface area contributed by atoms with Crippen LogP contribution in [0.4, 0.5) is 21.9 Å². The number of carbonyl (C=O) groups excluding carboxylic acids is 1. The highest BCUT2D eigenvalue weighted by atomic mass is 32.2. The Morgan fingerprint density at radius 3 is 2.26 bits per heavy atom. The fourth-order valence-electron chi connectivity index (χ4n) is 5.50. The number of nitrogens with one attached hydrogen (secondary N) is 2. The molecule has 0 atom stereocenters. The molecule has 1 saturated heterocycles. The molecule has 9 heteroatoms. The maximum Gasteiger partial charge on any atom is 0.319 e. The van der Waals surface area contributed by atoms with Gasteiger partial charge in [0.05, 0.1) is 5.69 Å². The molecule has 2 aliphatic rings. The predicted molar refractivity (Wildman–Crippen MR) is 136 cm³/mol. The van der Waals surface area contributed by atoms with E-state index >= 15 is 0 Å². The number of hydrogen-bond acceptors (Lipinski definition) is 5. The number of urea groups is 1. The Morgan fingerprint density at radius 1 is 0.941 bits per heavy atom. The number of rotatable bonds is 5. The standard InChI is InChI=1S/C25H35N5O3S/c26-20-8-7-9-21(18-20)28-24(31)29-25(14-5-1-2-6-15-25)19-12-16-30(17-13-19)34(32,33)23-11-4-3-10-22(23)27/h3-4,7-11,18-19H,1-2,5-6,12-17,26-27H2,(H2,28,29,31). The molecule has 2 amide bonds. The van der Waals surface area contributed by atoms with Gasteiger partial charge in [0, 0.05) is 30.0 Å². The Labute approximate surface area is 202 Å². The first-order valence-electron chi connectivity index (χ1n) is 12.1. The summed E-state index contributed by atoms with van der Waals surface area (Å²) in [7, 11) is -3.64. The molecule has 1 aliphatic carbocycles. The van der Waals surface area contributed by atoms with Crippen LogP contribution in [0.1, 0.15) is 51.4 Å². The first kappa shape index (κ1) is 24.3. The molecule has 6 N–H and O–H groups in total. The van der Waals surface area contributed by atoms with Gasteiger partial charge in [-0.2, -0.15) is 4.31 Å². The zero-order valence-electron chi connectivity index (χ0n) is 19.5. The maximum absolute atomic E-state index is 13.2. The van der Waals surface area contributed by atoms with Gasteiger partial charge in [-0.3, -0.25) is 0 Å². The number of amides is 2. The van der Waals surface area contributed by atoms with E-state index in [4.69, 9.17) is 11.5 Å². The molecule has 34 heavy (non-hydrogen) atoms. The smallest absolute Gasteiger partial charge is 0.319 e. The van der Waals surface area contributed by atoms with Crippen LogP contribution in [-0.4, -0.2) is 37.4 Å². The Hall–Kier alpha value is -2.78. The number of benzene rings is 2. The van der Waals surface area contributed by atoms with Crippen molar-refractivity contribution in [1.29, 1.82) is 0 Å². The lowest BCUT2D eigenvalue weighted by atomic mass is 9.73. The second-order valence-corrected chi connectivity index (χ2v) is 11.4. The summed E-state index contributed by atoms with van der Waals surface area (Å²) in [4.78, 5) is 13.2. The minimum Gasteiger partial charge on any atom is -0.399 e. The SMILES string of the molecule is Nc1cccc(NC(=O)NC2(C3CCN(S(=O)(=O)c4ccccc4N)CC3)CCCCCC2)c1. The molecule has 0 spiro atoms. The summed E-state index contributed by atoms with van der Waals surface area (Å²) in [5.41, 5.74) is 13.0. The van der Waals surface area contributed by atoms with Crippen molar-refractivity contribution in [3.05, 3.63) is 48.5 Å². The van der Waals surface area contributed by atoms with Crippen molar-refractivity contribution in [3.63, 3.8) is 0 Å². The normalized spacial score (nSPS) is 19.8. The Balaban J connectivity index is 1.48. The molecule has 0 bridgehead atoms. The van der Waals surface area contributed by atoms with Crippen molar-refractivity contribution in [3.8, 4) is 0 Å². The van der Waals surface area contributed by atoms with Gasteiger partial charge < -0.3 is 22.1 Å². The number of nitrogens with zero attached hydrogens (tertiary/aromatic N) is 1. The van der Waals surface area contributed by atoms with Gasteiger partial charge in [-0.25, -0.2) is 13.2 Å². The summed E-state index contributed by atoms with van der Waals surface area (Å²) in [6.45, 7) is 0.837. The number of hydrogen-bond donors (Lipinski definition) is 4. The van der Waals surface area contributed by atoms with E-state index in [0.717, 1.165) is 38.5 Å². The fourth-order valence-corrected chi connectivity index (χ4v) is 7.09. The summed E-state index contributed by atoms with van der Waals surface area (Å²) in [6.07, 6.45) is 7.62. The molecule has 2 aromatic rings. The fraction of sp³-hybridized carbons (Fsp3) is 0.480. The number of nitrogen functional groups attached to an aromatic ring is 2. The lowest BCUT2D eigenvalue weighted by Gasteiger charge is -2.45. The molecule has 184 valence electrons. The van der Waals surface area contributed by atoms with Crippen LogP contribution in [0.2, 0.25) is 0 Å². The molecule has 1 aliphatic heterocycles. The highest BCUT2D eigenvalue weighted by Gasteiger charge is 2.43. The van der Waals surface area contributed by atoms with Crippen molar-refractivity contribution in [2.24, 2.45) is 5.92 Å². The highest BCUT2D eigenvalue weighted by Crippen LogP contribution is 2.40. The minimum absolute atomic E-state index is 0.164. The van der Waals surface area contributed by atoms with Crippen LogP contribution in [0.3, 0.4) is 0 Å². The molecule has 4 rings (SSSR count). The van der Waals surface area contributed by atoms with Crippen molar-refractivity contribution in [2.75, 3.05) is 29.9 Å². The zero-order valence-corrected chi connectivity index (χ0v) is 20.3. The minimum atomic E-state index is -3.64. The summed E-state index contributed by atoms with van der Waals surface area (Å²) in [5.74, 6) is 0.205. The molecule has 1 saturated carbocycles. The first-order valence-corrected chi connectivity index (χ1v) is 13.5. The van der Waals surface area contributed by atoms with E-state index < -0.39 is 10.0 Å². The van der Waals surface area contributed by atoms with Gasteiger partial charge in [0.25, 0.3) is 0 Å². The number of carbonyl (C=O) groups is 1. The highest BCUT2D eigenvalue weighted by molar-refractivity contribution is 7.89. The monoisotopic (exact) mass is 485 g/mol. The van der Waals surface area contributed by atoms with Crippen molar-refractivity contribution in [1.82, 2.24) is 9.62 Å². The average Bonchev–Trinajstić information content (AvgIpc) is 3.05. The summed E-state index contributed by atoms with van der Waals surface area (Å²) in [5, 5.41) is 6.25. The summed E-state index contributed by atoms with van der Waals surface area (Å²) < 4.78 is 27.9. The Morgan fingerprint density at radius 2 is 1.62 bits per heavy atom. The van der Waals surface area contributed by atoms with Crippen LogP contribution >= 0.6 is 0 Å². The molecule has 8 nitrogen and oxygen atoms in total. The molecular formula is C25H35N5O3S. The van der Waals surface area contributed by atoms with Crippen LogP contribution in [0.5, 0.6) is 0 Å². The first-order chi connectivity index (χ1) is 16.3. The largest absolute Gasteiger partial charge is 0.399 e. The van der Waals surface area contributed by atoms with Gasteiger partial charge in [0.15, 0.2) is 0 Å². The molecular weight excluding hydrogens is 450 g/mol. The molecule has 0 radical (unpaired) electrons. The molecule has 0 unspecified atom stereocenters. The third-order valence-corrected chi connectivity index (χ3v) is 9.25. The molecule has 2 fully saturated rings. The van der Waals surface area contributed by atoms with Crippen LogP contribution in [0.25, 0.3) is 0 Å². The van der Waals surface area contributed by atoms with E-state index in [2.05, 4.69) is 10.6 Å². The number of para-hydroxylation sites is 1. The Kier molecular flexibility index (Phi) is 7.33. The van der Waals surface area contributed by atoms with E-state index in [0.29, 0.717) is 37.3 Å². The van der Waals surface area contributed by atoms with Crippen LogP contribution < -0.4 is 22.1 Å². The van der Waals surface area contributed by atoms with Gasteiger partial charge in [-0.1, -0.05) is 43.9 Å². The number of piperidine rings is 1. The van der Waals surface area contributed by atoms with Gasteiger partial charge in [0.1, 0.15) is 4.90 Å². The third-order valence-electron chi connectivity index (χ3n) is 7.27. The number of sulfonamides is 1. The Bertz CT molecular complexity index is 1110. The van der Waals surface area contributed by atoms with Gasteiger partial charge in [0.2, 0.25) is 10.0 Å². The molecule has 2 aromatic carbocycles. The number of anilines is 3. The second kappa shape index (κ2) is 10.2. The van der Waals surface area contributed by atoms with E-state index in [9.17, 15) is 13.2 Å². The van der Waals surface area contributed by atoms with Gasteiger partial charge in [-0.05, 0) is 61.9 Å². The van der Waals surface area contributed by atoms with Gasteiger partial charge >= 0.3 is 6.03 Å². The summed E-state index contributed by atoms with van der Waals surface area (Å²) >= 11 is 0. The van der Waals surface area contributed by atoms with E-state index in [1.54, 1.807) is 36.4 Å². The van der Waals surface area contributed by atoms with Gasteiger partial charge in [-0.15, -0.1) is 0 Å². The van der Waals surface area contributed by atoms with E-state index in [1.165, 1.54) is 4.31 Å².